The first-order chi connectivity index (χ1) is 9.55. The largest absolute Gasteiger partial charge is 0.453 e. The standard InChI is InChI=1S/C12H16F2N4O2/c1-15-10-8(13)5-9(14)11(17-10)18-4-3-7(6-18)16-12(19)20-2/h5,7H,3-4,6H2,1-2H3,(H,15,17)(H,16,19). The first kappa shape index (κ1) is 14.3. The van der Waals surface area contributed by atoms with E-state index in [2.05, 4.69) is 20.4 Å². The number of carbonyl (C=O) groups is 1. The lowest BCUT2D eigenvalue weighted by Crippen LogP contribution is -2.37. The average Bonchev–Trinajstić information content (AvgIpc) is 2.87. The Bertz CT molecular complexity index is 512. The van der Waals surface area contributed by atoms with Crippen molar-refractivity contribution in [1.82, 2.24) is 10.3 Å². The monoisotopic (exact) mass is 286 g/mol. The van der Waals surface area contributed by atoms with Gasteiger partial charge in [-0.05, 0) is 6.42 Å². The second-order valence-electron chi connectivity index (χ2n) is 4.44. The highest BCUT2D eigenvalue weighted by atomic mass is 19.1. The Morgan fingerprint density at radius 2 is 2.25 bits per heavy atom. The maximum atomic E-state index is 13.8. The normalized spacial score (nSPS) is 18.0. The molecule has 1 aliphatic rings. The highest BCUT2D eigenvalue weighted by Crippen LogP contribution is 2.25. The number of pyridine rings is 1. The third kappa shape index (κ3) is 2.89. The van der Waals surface area contributed by atoms with Crippen molar-refractivity contribution in [2.24, 2.45) is 0 Å². The quantitative estimate of drug-likeness (QED) is 0.877. The van der Waals surface area contributed by atoms with E-state index < -0.39 is 17.7 Å². The van der Waals surface area contributed by atoms with Gasteiger partial charge >= 0.3 is 6.09 Å². The Kier molecular flexibility index (Phi) is 4.21. The molecule has 1 aromatic heterocycles. The Balaban J connectivity index is 2.11. The average molecular weight is 286 g/mol. The zero-order valence-electron chi connectivity index (χ0n) is 11.2. The molecular weight excluding hydrogens is 270 g/mol. The Morgan fingerprint density at radius 1 is 1.50 bits per heavy atom. The maximum Gasteiger partial charge on any atom is 0.407 e. The highest BCUT2D eigenvalue weighted by molar-refractivity contribution is 5.67. The van der Waals surface area contributed by atoms with Gasteiger partial charge in [0, 0.05) is 26.2 Å². The summed E-state index contributed by atoms with van der Waals surface area (Å²) in [6.07, 6.45) is 0.114. The minimum atomic E-state index is -0.739. The molecule has 0 radical (unpaired) electrons. The number of rotatable bonds is 3. The fraction of sp³-hybridized carbons (Fsp3) is 0.500. The fourth-order valence-electron chi connectivity index (χ4n) is 2.15. The van der Waals surface area contributed by atoms with Gasteiger partial charge < -0.3 is 20.3 Å². The minimum absolute atomic E-state index is 0.00854. The van der Waals surface area contributed by atoms with Crippen molar-refractivity contribution in [3.63, 3.8) is 0 Å². The molecule has 1 aliphatic heterocycles. The predicted molar refractivity (Wildman–Crippen MR) is 69.9 cm³/mol. The lowest BCUT2D eigenvalue weighted by molar-refractivity contribution is 0.167. The molecule has 1 aromatic rings. The van der Waals surface area contributed by atoms with E-state index >= 15 is 0 Å². The number of hydrogen-bond acceptors (Lipinski definition) is 5. The number of alkyl carbamates (subject to hydrolysis) is 1. The topological polar surface area (TPSA) is 66.5 Å². The van der Waals surface area contributed by atoms with E-state index in [1.807, 2.05) is 0 Å². The second-order valence-corrected chi connectivity index (χ2v) is 4.44. The summed E-state index contributed by atoms with van der Waals surface area (Å²) >= 11 is 0. The number of nitrogens with zero attached hydrogens (tertiary/aromatic N) is 2. The summed E-state index contributed by atoms with van der Waals surface area (Å²) in [7, 11) is 2.79. The van der Waals surface area contributed by atoms with Gasteiger partial charge in [-0.25, -0.2) is 18.6 Å². The van der Waals surface area contributed by atoms with E-state index in [4.69, 9.17) is 0 Å². The molecule has 20 heavy (non-hydrogen) atoms. The molecule has 0 saturated carbocycles. The van der Waals surface area contributed by atoms with Crippen LogP contribution in [-0.4, -0.2) is 44.4 Å². The van der Waals surface area contributed by atoms with Crippen molar-refractivity contribution in [3.05, 3.63) is 17.7 Å². The summed E-state index contributed by atoms with van der Waals surface area (Å²) in [6.45, 7) is 0.918. The number of halogens is 2. The smallest absolute Gasteiger partial charge is 0.407 e. The Morgan fingerprint density at radius 3 is 2.90 bits per heavy atom. The van der Waals surface area contributed by atoms with Crippen LogP contribution in [0.2, 0.25) is 0 Å². The van der Waals surface area contributed by atoms with Crippen molar-refractivity contribution in [1.29, 1.82) is 0 Å². The SMILES string of the molecule is CNc1nc(N2CCC(NC(=O)OC)C2)c(F)cc1F. The third-order valence-corrected chi connectivity index (χ3v) is 3.14. The number of carbonyl (C=O) groups excluding carboxylic acids is 1. The minimum Gasteiger partial charge on any atom is -0.453 e. The molecule has 0 bridgehead atoms. The van der Waals surface area contributed by atoms with Crippen molar-refractivity contribution in [3.8, 4) is 0 Å². The fourth-order valence-corrected chi connectivity index (χ4v) is 2.15. The van der Waals surface area contributed by atoms with Crippen LogP contribution in [0.5, 0.6) is 0 Å². The number of hydrogen-bond donors (Lipinski definition) is 2. The number of nitrogens with one attached hydrogen (secondary N) is 2. The van der Waals surface area contributed by atoms with Crippen LogP contribution in [-0.2, 0) is 4.74 Å². The Labute approximate surface area is 115 Å². The van der Waals surface area contributed by atoms with Crippen molar-refractivity contribution in [2.75, 3.05) is 37.5 Å². The Hall–Kier alpha value is -2.12. The molecule has 1 amide bonds. The number of anilines is 2. The zero-order chi connectivity index (χ0) is 14.7. The molecule has 0 spiro atoms. The van der Waals surface area contributed by atoms with Crippen molar-refractivity contribution >= 4 is 17.7 Å². The highest BCUT2D eigenvalue weighted by Gasteiger charge is 2.27. The van der Waals surface area contributed by atoms with Gasteiger partial charge in [0.25, 0.3) is 0 Å². The molecule has 2 heterocycles. The molecule has 6 nitrogen and oxygen atoms in total. The van der Waals surface area contributed by atoms with E-state index in [-0.39, 0.29) is 17.7 Å². The van der Waals surface area contributed by atoms with Crippen LogP contribution in [0.15, 0.2) is 6.07 Å². The van der Waals surface area contributed by atoms with E-state index in [0.717, 1.165) is 6.07 Å². The number of amides is 1. The lowest BCUT2D eigenvalue weighted by atomic mass is 10.3. The molecule has 1 saturated heterocycles. The molecule has 110 valence electrons. The van der Waals surface area contributed by atoms with Gasteiger partial charge in [0.1, 0.15) is 0 Å². The van der Waals surface area contributed by atoms with Crippen LogP contribution in [0.25, 0.3) is 0 Å². The summed E-state index contributed by atoms with van der Waals surface area (Å²) in [5, 5.41) is 5.21. The molecule has 1 fully saturated rings. The zero-order valence-corrected chi connectivity index (χ0v) is 11.2. The number of aromatic nitrogens is 1. The molecule has 1 unspecified atom stereocenters. The predicted octanol–water partition coefficient (Wildman–Crippen LogP) is 1.34. The van der Waals surface area contributed by atoms with Gasteiger partial charge in [-0.1, -0.05) is 0 Å². The maximum absolute atomic E-state index is 13.8. The van der Waals surface area contributed by atoms with Gasteiger partial charge in [-0.2, -0.15) is 0 Å². The van der Waals surface area contributed by atoms with Crippen LogP contribution in [0.4, 0.5) is 25.2 Å². The van der Waals surface area contributed by atoms with Crippen LogP contribution in [0.3, 0.4) is 0 Å². The summed E-state index contributed by atoms with van der Waals surface area (Å²) in [4.78, 5) is 16.7. The van der Waals surface area contributed by atoms with E-state index in [9.17, 15) is 13.6 Å². The number of methoxy groups -OCH3 is 1. The second kappa shape index (κ2) is 5.89. The van der Waals surface area contributed by atoms with Crippen molar-refractivity contribution in [2.45, 2.75) is 12.5 Å². The van der Waals surface area contributed by atoms with E-state index in [1.54, 1.807) is 4.90 Å². The van der Waals surface area contributed by atoms with Crippen LogP contribution in [0.1, 0.15) is 6.42 Å². The molecule has 0 aliphatic carbocycles. The van der Waals surface area contributed by atoms with E-state index in [1.165, 1.54) is 14.2 Å². The molecule has 2 rings (SSSR count). The van der Waals surface area contributed by atoms with Crippen molar-refractivity contribution < 1.29 is 18.3 Å². The summed E-state index contributed by atoms with van der Waals surface area (Å²) in [5.74, 6) is -1.40. The van der Waals surface area contributed by atoms with Gasteiger partial charge in [-0.15, -0.1) is 0 Å². The first-order valence-electron chi connectivity index (χ1n) is 6.18. The molecule has 0 aromatic carbocycles. The van der Waals surface area contributed by atoms with Crippen LogP contribution < -0.4 is 15.5 Å². The van der Waals surface area contributed by atoms with Gasteiger partial charge in [-0.3, -0.25) is 0 Å². The number of ether oxygens (including phenoxy) is 1. The lowest BCUT2D eigenvalue weighted by Gasteiger charge is -2.19. The molecule has 2 N–H and O–H groups in total. The molecular formula is C12H16F2N4O2. The summed E-state index contributed by atoms with van der Waals surface area (Å²) < 4.78 is 31.7. The molecule has 1 atom stereocenters. The molecule has 8 heteroatoms. The van der Waals surface area contributed by atoms with Gasteiger partial charge in [0.05, 0.1) is 13.2 Å². The van der Waals surface area contributed by atoms with E-state index in [0.29, 0.717) is 19.5 Å². The first-order valence-corrected chi connectivity index (χ1v) is 6.18. The third-order valence-electron chi connectivity index (χ3n) is 3.14. The van der Waals surface area contributed by atoms with Gasteiger partial charge in [0.15, 0.2) is 23.3 Å². The van der Waals surface area contributed by atoms with Gasteiger partial charge in [0.2, 0.25) is 0 Å². The summed E-state index contributed by atoms with van der Waals surface area (Å²) in [5.41, 5.74) is 0. The van der Waals surface area contributed by atoms with Crippen LogP contribution >= 0.6 is 0 Å². The van der Waals surface area contributed by atoms with Crippen LogP contribution in [0, 0.1) is 11.6 Å². The summed E-state index contributed by atoms with van der Waals surface area (Å²) in [6, 6.07) is 0.654.